The third kappa shape index (κ3) is 5.24. The summed E-state index contributed by atoms with van der Waals surface area (Å²) in [5, 5.41) is 0. The van der Waals surface area contributed by atoms with Crippen LogP contribution >= 0.6 is 0 Å². The van der Waals surface area contributed by atoms with Gasteiger partial charge in [0.2, 0.25) is 0 Å². The Morgan fingerprint density at radius 2 is 1.12 bits per heavy atom. The summed E-state index contributed by atoms with van der Waals surface area (Å²) < 4.78 is 48.9. The van der Waals surface area contributed by atoms with Gasteiger partial charge in [0.1, 0.15) is 11.5 Å². The van der Waals surface area contributed by atoms with E-state index in [2.05, 4.69) is 0 Å². The molecule has 0 heterocycles. The Labute approximate surface area is 148 Å². The Kier molecular flexibility index (Phi) is 5.80. The molecule has 0 unspecified atom stereocenters. The van der Waals surface area contributed by atoms with Crippen LogP contribution in [0.15, 0.2) is 58.3 Å². The zero-order valence-electron chi connectivity index (χ0n) is 14.1. The van der Waals surface area contributed by atoms with E-state index in [1.165, 1.54) is 24.3 Å². The van der Waals surface area contributed by atoms with Crippen LogP contribution in [0.3, 0.4) is 0 Å². The standard InChI is InChI=1S/C18H20O5S2/c1-14-3-7-17(8-4-14)24(20,21)12-11-16(19)13-25(22,23)18-9-5-15(2)6-10-18/h3-10H,11-13H2,1-2H3. The highest BCUT2D eigenvalue weighted by Crippen LogP contribution is 2.15. The lowest BCUT2D eigenvalue weighted by Gasteiger charge is -2.06. The number of sulfone groups is 2. The molecule has 0 amide bonds. The lowest BCUT2D eigenvalue weighted by Crippen LogP contribution is -2.19. The van der Waals surface area contributed by atoms with E-state index in [9.17, 15) is 21.6 Å². The lowest BCUT2D eigenvalue weighted by molar-refractivity contribution is -0.116. The molecule has 25 heavy (non-hydrogen) atoms. The average molecular weight is 380 g/mol. The summed E-state index contributed by atoms with van der Waals surface area (Å²) in [5.74, 6) is -1.71. The van der Waals surface area contributed by atoms with E-state index in [1.54, 1.807) is 24.3 Å². The maximum atomic E-state index is 12.2. The Bertz CT molecular complexity index is 955. The maximum absolute atomic E-state index is 12.2. The molecule has 2 rings (SSSR count). The number of rotatable bonds is 7. The van der Waals surface area contributed by atoms with Crippen LogP contribution in [0.5, 0.6) is 0 Å². The van der Waals surface area contributed by atoms with Crippen LogP contribution in [0.4, 0.5) is 0 Å². The molecule has 134 valence electrons. The van der Waals surface area contributed by atoms with Crippen LogP contribution < -0.4 is 0 Å². The molecule has 0 saturated heterocycles. The number of carbonyl (C=O) groups excluding carboxylic acids is 1. The summed E-state index contributed by atoms with van der Waals surface area (Å²) in [6.07, 6.45) is -0.332. The molecule has 0 radical (unpaired) electrons. The lowest BCUT2D eigenvalue weighted by atomic mass is 10.2. The van der Waals surface area contributed by atoms with Gasteiger partial charge in [-0.1, -0.05) is 35.4 Å². The highest BCUT2D eigenvalue weighted by atomic mass is 32.2. The van der Waals surface area contributed by atoms with E-state index in [0.717, 1.165) is 11.1 Å². The van der Waals surface area contributed by atoms with Crippen LogP contribution in [-0.2, 0) is 24.5 Å². The molecule has 0 saturated carbocycles. The third-order valence-electron chi connectivity index (χ3n) is 3.76. The monoisotopic (exact) mass is 380 g/mol. The Morgan fingerprint density at radius 3 is 1.56 bits per heavy atom. The molecule has 0 aromatic heterocycles. The fourth-order valence-electron chi connectivity index (χ4n) is 2.22. The molecular weight excluding hydrogens is 360 g/mol. The second-order valence-corrected chi connectivity index (χ2v) is 10.1. The van der Waals surface area contributed by atoms with Crippen molar-refractivity contribution in [1.29, 1.82) is 0 Å². The molecule has 0 spiro atoms. The van der Waals surface area contributed by atoms with Crippen molar-refractivity contribution >= 4 is 25.5 Å². The van der Waals surface area contributed by atoms with Gasteiger partial charge in [0, 0.05) is 6.42 Å². The van der Waals surface area contributed by atoms with Crippen molar-refractivity contribution in [3.8, 4) is 0 Å². The van der Waals surface area contributed by atoms with Crippen molar-refractivity contribution in [3.63, 3.8) is 0 Å². The molecule has 2 aromatic carbocycles. The van der Waals surface area contributed by atoms with Crippen LogP contribution in [-0.4, -0.2) is 34.1 Å². The van der Waals surface area contributed by atoms with Gasteiger partial charge in [-0.3, -0.25) is 4.79 Å². The highest BCUT2D eigenvalue weighted by molar-refractivity contribution is 7.92. The summed E-state index contributed by atoms with van der Waals surface area (Å²) in [5.41, 5.74) is 1.84. The van der Waals surface area contributed by atoms with Gasteiger partial charge in [-0.15, -0.1) is 0 Å². The molecule has 0 bridgehead atoms. The zero-order valence-corrected chi connectivity index (χ0v) is 15.7. The largest absolute Gasteiger partial charge is 0.299 e. The predicted molar refractivity (Wildman–Crippen MR) is 96.1 cm³/mol. The minimum atomic E-state index is -3.76. The Hall–Kier alpha value is -1.99. The first kappa shape index (κ1) is 19.3. The van der Waals surface area contributed by atoms with Gasteiger partial charge in [0.05, 0.1) is 15.5 Å². The molecule has 2 aromatic rings. The van der Waals surface area contributed by atoms with Crippen molar-refractivity contribution < 1.29 is 21.6 Å². The summed E-state index contributed by atoms with van der Waals surface area (Å²) >= 11 is 0. The molecule has 0 aliphatic rings. The van der Waals surface area contributed by atoms with Gasteiger partial charge in [0.15, 0.2) is 19.7 Å². The molecule has 0 fully saturated rings. The fourth-order valence-corrected chi connectivity index (χ4v) is 4.79. The molecule has 0 N–H and O–H groups in total. The number of aryl methyl sites for hydroxylation is 2. The molecule has 0 aliphatic heterocycles. The second-order valence-electron chi connectivity index (χ2n) is 5.99. The summed E-state index contributed by atoms with van der Waals surface area (Å²) in [6.45, 7) is 3.67. The second kappa shape index (κ2) is 7.49. The van der Waals surface area contributed by atoms with Crippen molar-refractivity contribution in [2.45, 2.75) is 30.1 Å². The SMILES string of the molecule is Cc1ccc(S(=O)(=O)CCC(=O)CS(=O)(=O)c2ccc(C)cc2)cc1. The minimum absolute atomic E-state index is 0.0628. The molecular formula is C18H20O5S2. The van der Waals surface area contributed by atoms with E-state index in [1.807, 2.05) is 13.8 Å². The summed E-state index contributed by atoms with van der Waals surface area (Å²) in [6, 6.07) is 12.5. The molecule has 7 heteroatoms. The van der Waals surface area contributed by atoms with E-state index < -0.39 is 37.0 Å². The smallest absolute Gasteiger partial charge is 0.185 e. The third-order valence-corrected chi connectivity index (χ3v) is 7.19. The number of benzene rings is 2. The van der Waals surface area contributed by atoms with E-state index in [-0.39, 0.29) is 16.2 Å². The molecule has 0 aliphatic carbocycles. The molecule has 5 nitrogen and oxygen atoms in total. The number of Topliss-reactive ketones (excluding diaryl/α,β-unsaturated/α-hetero) is 1. The first-order valence-electron chi connectivity index (χ1n) is 7.71. The fraction of sp³-hybridized carbons (Fsp3) is 0.278. The number of hydrogen-bond donors (Lipinski definition) is 0. The van der Waals surface area contributed by atoms with E-state index in [0.29, 0.717) is 0 Å². The minimum Gasteiger partial charge on any atom is -0.299 e. The van der Waals surface area contributed by atoms with Gasteiger partial charge in [-0.2, -0.15) is 0 Å². The zero-order chi connectivity index (χ0) is 18.7. The van der Waals surface area contributed by atoms with Crippen LogP contribution in [0.2, 0.25) is 0 Å². The van der Waals surface area contributed by atoms with Crippen LogP contribution in [0.1, 0.15) is 17.5 Å². The Balaban J connectivity index is 2.02. The number of hydrogen-bond acceptors (Lipinski definition) is 5. The Morgan fingerprint density at radius 1 is 0.720 bits per heavy atom. The quantitative estimate of drug-likeness (QED) is 0.737. The average Bonchev–Trinajstić information content (AvgIpc) is 2.53. The predicted octanol–water partition coefficient (Wildman–Crippen LogP) is 2.51. The van der Waals surface area contributed by atoms with Crippen LogP contribution in [0.25, 0.3) is 0 Å². The van der Waals surface area contributed by atoms with E-state index in [4.69, 9.17) is 0 Å². The topological polar surface area (TPSA) is 85.3 Å². The van der Waals surface area contributed by atoms with Gasteiger partial charge in [0.25, 0.3) is 0 Å². The highest BCUT2D eigenvalue weighted by Gasteiger charge is 2.22. The van der Waals surface area contributed by atoms with Crippen molar-refractivity contribution in [2.75, 3.05) is 11.5 Å². The van der Waals surface area contributed by atoms with E-state index >= 15 is 0 Å². The van der Waals surface area contributed by atoms with Gasteiger partial charge < -0.3 is 0 Å². The summed E-state index contributed by atoms with van der Waals surface area (Å²) in [4.78, 5) is 12.2. The number of ketones is 1. The van der Waals surface area contributed by atoms with Crippen molar-refractivity contribution in [2.24, 2.45) is 0 Å². The van der Waals surface area contributed by atoms with Gasteiger partial charge in [-0.05, 0) is 38.1 Å². The first-order chi connectivity index (χ1) is 11.6. The maximum Gasteiger partial charge on any atom is 0.185 e. The summed E-state index contributed by atoms with van der Waals surface area (Å²) in [7, 11) is -7.37. The van der Waals surface area contributed by atoms with Crippen LogP contribution in [0, 0.1) is 13.8 Å². The van der Waals surface area contributed by atoms with Crippen molar-refractivity contribution in [1.82, 2.24) is 0 Å². The van der Waals surface area contributed by atoms with Gasteiger partial charge >= 0.3 is 0 Å². The van der Waals surface area contributed by atoms with Gasteiger partial charge in [-0.25, -0.2) is 16.8 Å². The normalized spacial score (nSPS) is 12.1. The molecule has 0 atom stereocenters. The first-order valence-corrected chi connectivity index (χ1v) is 11.0. The van der Waals surface area contributed by atoms with Crippen molar-refractivity contribution in [3.05, 3.63) is 59.7 Å². The number of carbonyl (C=O) groups is 1.